The molecule has 0 aromatic heterocycles. The first-order chi connectivity index (χ1) is 8.58. The van der Waals surface area contributed by atoms with Gasteiger partial charge in [0.15, 0.2) is 5.78 Å². The molecule has 0 N–H and O–H groups in total. The number of rotatable bonds is 3. The van der Waals surface area contributed by atoms with Crippen molar-refractivity contribution in [3.63, 3.8) is 0 Å². The zero-order valence-corrected chi connectivity index (χ0v) is 13.2. The van der Waals surface area contributed by atoms with Gasteiger partial charge >= 0.3 is 0 Å². The Bertz CT molecular complexity index is 596. The Balaban J connectivity index is 2.25. The minimum Gasteiger partial charge on any atom is -0.294 e. The molecule has 2 rings (SSSR count). The van der Waals surface area contributed by atoms with Gasteiger partial charge in [0.25, 0.3) is 0 Å². The van der Waals surface area contributed by atoms with Crippen LogP contribution in [0.2, 0.25) is 5.02 Å². The molecule has 0 bridgehead atoms. The minimum absolute atomic E-state index is 0.0606. The Labute approximate surface area is 127 Å². The van der Waals surface area contributed by atoms with Crippen LogP contribution in [0.25, 0.3) is 0 Å². The minimum atomic E-state index is 0.0606. The van der Waals surface area contributed by atoms with Crippen LogP contribution in [0.15, 0.2) is 51.4 Å². The third-order valence-electron chi connectivity index (χ3n) is 2.54. The lowest BCUT2D eigenvalue weighted by atomic mass is 10.0. The fraction of sp³-hybridized carbons (Fsp3) is 0.0714. The molecule has 0 aliphatic carbocycles. The van der Waals surface area contributed by atoms with Crippen molar-refractivity contribution in [1.82, 2.24) is 0 Å². The molecular formula is C14H9Br2ClO. The van der Waals surface area contributed by atoms with Crippen molar-refractivity contribution in [2.24, 2.45) is 0 Å². The van der Waals surface area contributed by atoms with Gasteiger partial charge < -0.3 is 0 Å². The van der Waals surface area contributed by atoms with Crippen LogP contribution in [-0.4, -0.2) is 5.78 Å². The molecule has 0 saturated carbocycles. The number of carbonyl (C=O) groups is 1. The smallest absolute Gasteiger partial charge is 0.168 e. The molecule has 92 valence electrons. The maximum absolute atomic E-state index is 12.2. The maximum Gasteiger partial charge on any atom is 0.168 e. The average molecular weight is 388 g/mol. The van der Waals surface area contributed by atoms with Crippen molar-refractivity contribution < 1.29 is 4.79 Å². The first-order valence-corrected chi connectivity index (χ1v) is 7.26. The summed E-state index contributed by atoms with van der Waals surface area (Å²) in [5, 5.41) is 0.610. The van der Waals surface area contributed by atoms with Crippen LogP contribution in [-0.2, 0) is 6.42 Å². The predicted molar refractivity (Wildman–Crippen MR) is 81.3 cm³/mol. The molecule has 0 atom stereocenters. The second-order valence-corrected chi connectivity index (χ2v) is 5.96. The molecule has 1 nitrogen and oxygen atoms in total. The number of ketones is 1. The van der Waals surface area contributed by atoms with Crippen LogP contribution in [0.5, 0.6) is 0 Å². The summed E-state index contributed by atoms with van der Waals surface area (Å²) in [4.78, 5) is 12.2. The van der Waals surface area contributed by atoms with E-state index in [9.17, 15) is 4.79 Å². The van der Waals surface area contributed by atoms with Gasteiger partial charge in [-0.2, -0.15) is 0 Å². The summed E-state index contributed by atoms with van der Waals surface area (Å²) < 4.78 is 1.68. The number of carbonyl (C=O) groups excluding carboxylic acids is 1. The van der Waals surface area contributed by atoms with Gasteiger partial charge in [0.1, 0.15) is 0 Å². The maximum atomic E-state index is 12.2. The van der Waals surface area contributed by atoms with Gasteiger partial charge in [-0.05, 0) is 45.8 Å². The topological polar surface area (TPSA) is 17.1 Å². The van der Waals surface area contributed by atoms with E-state index in [1.807, 2.05) is 24.3 Å². The third kappa shape index (κ3) is 3.22. The zero-order chi connectivity index (χ0) is 13.1. The number of hydrogen-bond donors (Lipinski definition) is 0. The van der Waals surface area contributed by atoms with E-state index in [-0.39, 0.29) is 5.78 Å². The van der Waals surface area contributed by atoms with Gasteiger partial charge in [-0.1, -0.05) is 45.7 Å². The molecular weight excluding hydrogens is 379 g/mol. The monoisotopic (exact) mass is 386 g/mol. The van der Waals surface area contributed by atoms with Crippen molar-refractivity contribution in [1.29, 1.82) is 0 Å². The Morgan fingerprint density at radius 1 is 1.06 bits per heavy atom. The van der Waals surface area contributed by atoms with Crippen LogP contribution in [0.3, 0.4) is 0 Å². The van der Waals surface area contributed by atoms with E-state index in [4.69, 9.17) is 11.6 Å². The van der Waals surface area contributed by atoms with Crippen molar-refractivity contribution in [3.05, 3.63) is 67.6 Å². The van der Waals surface area contributed by atoms with Gasteiger partial charge in [0.2, 0.25) is 0 Å². The zero-order valence-electron chi connectivity index (χ0n) is 9.29. The van der Waals surface area contributed by atoms with E-state index in [1.165, 1.54) is 0 Å². The van der Waals surface area contributed by atoms with Gasteiger partial charge in [-0.3, -0.25) is 4.79 Å². The number of benzene rings is 2. The molecule has 4 heteroatoms. The van der Waals surface area contributed by atoms with Crippen molar-refractivity contribution >= 4 is 49.2 Å². The Kier molecular flexibility index (Phi) is 4.60. The summed E-state index contributed by atoms with van der Waals surface area (Å²) >= 11 is 12.7. The fourth-order valence-electron chi connectivity index (χ4n) is 1.63. The molecule has 0 radical (unpaired) electrons. The first-order valence-electron chi connectivity index (χ1n) is 5.29. The van der Waals surface area contributed by atoms with Gasteiger partial charge in [-0.25, -0.2) is 0 Å². The molecule has 0 fully saturated rings. The SMILES string of the molecule is O=C(Cc1ccccc1Br)c1ccc(Cl)cc1Br. The lowest BCUT2D eigenvalue weighted by molar-refractivity contribution is 0.0992. The molecule has 0 spiro atoms. The third-order valence-corrected chi connectivity index (χ3v) is 4.21. The van der Waals surface area contributed by atoms with E-state index >= 15 is 0 Å². The van der Waals surface area contributed by atoms with E-state index in [1.54, 1.807) is 18.2 Å². The Morgan fingerprint density at radius 3 is 2.44 bits per heavy atom. The fourth-order valence-corrected chi connectivity index (χ4v) is 2.95. The van der Waals surface area contributed by atoms with E-state index in [0.717, 1.165) is 14.5 Å². The normalized spacial score (nSPS) is 10.4. The molecule has 0 saturated heterocycles. The van der Waals surface area contributed by atoms with Crippen molar-refractivity contribution in [2.75, 3.05) is 0 Å². The molecule has 2 aromatic carbocycles. The van der Waals surface area contributed by atoms with Crippen LogP contribution in [0.1, 0.15) is 15.9 Å². The number of Topliss-reactive ketones (excluding diaryl/α,β-unsaturated/α-hetero) is 1. The second kappa shape index (κ2) is 6.00. The second-order valence-electron chi connectivity index (χ2n) is 3.82. The summed E-state index contributed by atoms with van der Waals surface area (Å²) in [7, 11) is 0. The lowest BCUT2D eigenvalue weighted by Crippen LogP contribution is -2.04. The van der Waals surface area contributed by atoms with Crippen LogP contribution in [0.4, 0.5) is 0 Å². The number of hydrogen-bond acceptors (Lipinski definition) is 1. The summed E-state index contributed by atoms with van der Waals surface area (Å²) in [5.74, 6) is 0.0606. The molecule has 2 aromatic rings. The highest BCUT2D eigenvalue weighted by molar-refractivity contribution is 9.10. The van der Waals surface area contributed by atoms with E-state index in [0.29, 0.717) is 17.0 Å². The first kappa shape index (κ1) is 13.8. The summed E-state index contributed by atoms with van der Waals surface area (Å²) in [5.41, 5.74) is 1.62. The number of halogens is 3. The molecule has 0 aliphatic heterocycles. The summed E-state index contributed by atoms with van der Waals surface area (Å²) in [6.45, 7) is 0. The largest absolute Gasteiger partial charge is 0.294 e. The molecule has 0 heterocycles. The van der Waals surface area contributed by atoms with Gasteiger partial charge in [0.05, 0.1) is 0 Å². The standard InChI is InChI=1S/C14H9Br2ClO/c15-12-4-2-1-3-9(12)7-14(18)11-6-5-10(17)8-13(11)16/h1-6,8H,7H2. The van der Waals surface area contributed by atoms with Gasteiger partial charge in [0, 0.05) is 26.0 Å². The molecule has 18 heavy (non-hydrogen) atoms. The Morgan fingerprint density at radius 2 is 1.78 bits per heavy atom. The lowest BCUT2D eigenvalue weighted by Gasteiger charge is -2.06. The molecule has 0 amide bonds. The quantitative estimate of drug-likeness (QED) is 0.653. The van der Waals surface area contributed by atoms with E-state index in [2.05, 4.69) is 31.9 Å². The van der Waals surface area contributed by atoms with Crippen molar-refractivity contribution in [3.8, 4) is 0 Å². The summed E-state index contributed by atoms with van der Waals surface area (Å²) in [6, 6.07) is 12.9. The highest BCUT2D eigenvalue weighted by atomic mass is 79.9. The van der Waals surface area contributed by atoms with E-state index < -0.39 is 0 Å². The highest BCUT2D eigenvalue weighted by Gasteiger charge is 2.12. The molecule has 0 aliphatic rings. The van der Waals surface area contributed by atoms with Crippen molar-refractivity contribution in [2.45, 2.75) is 6.42 Å². The average Bonchev–Trinajstić information content (AvgIpc) is 2.32. The van der Waals surface area contributed by atoms with Gasteiger partial charge in [-0.15, -0.1) is 0 Å². The van der Waals surface area contributed by atoms with Crippen LogP contribution < -0.4 is 0 Å². The molecule has 0 unspecified atom stereocenters. The predicted octanol–water partition coefficient (Wildman–Crippen LogP) is 5.29. The van der Waals surface area contributed by atoms with Crippen LogP contribution >= 0.6 is 43.5 Å². The highest BCUT2D eigenvalue weighted by Crippen LogP contribution is 2.24. The Hall–Kier alpha value is -0.640. The summed E-state index contributed by atoms with van der Waals surface area (Å²) in [6.07, 6.45) is 0.363. The van der Waals surface area contributed by atoms with Crippen LogP contribution in [0, 0.1) is 0 Å².